The molecule has 0 bridgehead atoms. The molecule has 2 N–H and O–H groups in total. The average molecular weight is 233 g/mol. The Balaban J connectivity index is 2.55. The molecule has 0 spiro atoms. The van der Waals surface area contributed by atoms with Gasteiger partial charge in [-0.25, -0.2) is 4.79 Å². The summed E-state index contributed by atoms with van der Waals surface area (Å²) >= 11 is 0. The number of aryl methyl sites for hydroxylation is 1. The van der Waals surface area contributed by atoms with Crippen molar-refractivity contribution < 1.29 is 14.7 Å². The van der Waals surface area contributed by atoms with Crippen molar-refractivity contribution >= 4 is 11.9 Å². The first-order valence-corrected chi connectivity index (χ1v) is 5.67. The van der Waals surface area contributed by atoms with Gasteiger partial charge >= 0.3 is 5.97 Å². The lowest BCUT2D eigenvalue weighted by Gasteiger charge is -2.35. The third-order valence-corrected chi connectivity index (χ3v) is 3.23. The molecule has 17 heavy (non-hydrogen) atoms. The minimum absolute atomic E-state index is 0.316. The molecule has 1 amide bonds. The maximum Gasteiger partial charge on any atom is 0.334 e. The molecule has 1 aromatic rings. The predicted octanol–water partition coefficient (Wildman–Crippen LogP) is 1.44. The zero-order valence-electron chi connectivity index (χ0n) is 9.69. The van der Waals surface area contributed by atoms with Crippen LogP contribution in [0.1, 0.15) is 30.9 Å². The van der Waals surface area contributed by atoms with Gasteiger partial charge < -0.3 is 10.4 Å². The van der Waals surface area contributed by atoms with E-state index < -0.39 is 11.5 Å². The number of nitrogens with one attached hydrogen (secondary N) is 1. The highest BCUT2D eigenvalue weighted by molar-refractivity contribution is 5.88. The third-order valence-electron chi connectivity index (χ3n) is 3.23. The fourth-order valence-electron chi connectivity index (χ4n) is 2.54. The van der Waals surface area contributed by atoms with Crippen molar-refractivity contribution in [2.75, 3.05) is 0 Å². The van der Waals surface area contributed by atoms with Gasteiger partial charge in [-0.2, -0.15) is 0 Å². The van der Waals surface area contributed by atoms with Gasteiger partial charge in [-0.15, -0.1) is 0 Å². The molecule has 1 aliphatic rings. The molecule has 0 saturated carbocycles. The molecule has 0 fully saturated rings. The van der Waals surface area contributed by atoms with Gasteiger partial charge in [0.15, 0.2) is 5.54 Å². The Labute approximate surface area is 99.6 Å². The van der Waals surface area contributed by atoms with Crippen molar-refractivity contribution in [3.05, 3.63) is 35.4 Å². The van der Waals surface area contributed by atoms with Gasteiger partial charge in [0.2, 0.25) is 5.91 Å². The summed E-state index contributed by atoms with van der Waals surface area (Å²) in [5.74, 6) is -1.30. The minimum atomic E-state index is -1.25. The maximum absolute atomic E-state index is 11.6. The highest BCUT2D eigenvalue weighted by Crippen LogP contribution is 2.35. The SMILES string of the molecule is CC(=O)N[C@@]1(C(=O)O)CCCc2ccccc21. The van der Waals surface area contributed by atoms with Crippen LogP contribution in [0.3, 0.4) is 0 Å². The molecule has 0 saturated heterocycles. The molecule has 1 atom stereocenters. The summed E-state index contributed by atoms with van der Waals surface area (Å²) in [4.78, 5) is 22.8. The summed E-state index contributed by atoms with van der Waals surface area (Å²) in [6.07, 6.45) is 2.08. The van der Waals surface area contributed by atoms with Gasteiger partial charge in [-0.05, 0) is 30.4 Å². The Morgan fingerprint density at radius 2 is 2.06 bits per heavy atom. The highest BCUT2D eigenvalue weighted by Gasteiger charge is 2.44. The Morgan fingerprint density at radius 1 is 1.35 bits per heavy atom. The van der Waals surface area contributed by atoms with Gasteiger partial charge in [0, 0.05) is 6.92 Å². The number of carbonyl (C=O) groups is 2. The van der Waals surface area contributed by atoms with Crippen LogP contribution in [-0.2, 0) is 21.5 Å². The molecular formula is C13H15NO3. The van der Waals surface area contributed by atoms with Crippen molar-refractivity contribution in [3.63, 3.8) is 0 Å². The number of amides is 1. The lowest BCUT2D eigenvalue weighted by atomic mass is 9.76. The van der Waals surface area contributed by atoms with Crippen molar-refractivity contribution in [2.24, 2.45) is 0 Å². The van der Waals surface area contributed by atoms with Crippen molar-refractivity contribution in [1.82, 2.24) is 5.32 Å². The van der Waals surface area contributed by atoms with Crippen LogP contribution in [0, 0.1) is 0 Å². The number of aliphatic carboxylic acids is 1. The Bertz CT molecular complexity index is 469. The monoisotopic (exact) mass is 233 g/mol. The summed E-state index contributed by atoms with van der Waals surface area (Å²) in [6.45, 7) is 1.35. The normalized spacial score (nSPS) is 22.6. The Morgan fingerprint density at radius 3 is 2.71 bits per heavy atom. The third kappa shape index (κ3) is 1.90. The average Bonchev–Trinajstić information content (AvgIpc) is 2.28. The molecule has 0 aromatic heterocycles. The summed E-state index contributed by atoms with van der Waals surface area (Å²) < 4.78 is 0. The second kappa shape index (κ2) is 4.20. The van der Waals surface area contributed by atoms with Crippen molar-refractivity contribution in [1.29, 1.82) is 0 Å². The Hall–Kier alpha value is -1.84. The molecule has 90 valence electrons. The summed E-state index contributed by atoms with van der Waals surface area (Å²) in [5, 5.41) is 12.1. The molecule has 1 aliphatic carbocycles. The number of hydrogen-bond acceptors (Lipinski definition) is 2. The van der Waals surface area contributed by atoms with Crippen molar-refractivity contribution in [2.45, 2.75) is 31.7 Å². The van der Waals surface area contributed by atoms with E-state index in [1.807, 2.05) is 18.2 Å². The van der Waals surface area contributed by atoms with Gasteiger partial charge in [0.1, 0.15) is 0 Å². The number of carboxylic acid groups (broad SMARTS) is 1. The van der Waals surface area contributed by atoms with Crippen LogP contribution in [-0.4, -0.2) is 17.0 Å². The number of rotatable bonds is 2. The smallest absolute Gasteiger partial charge is 0.334 e. The van der Waals surface area contributed by atoms with Crippen LogP contribution in [0.25, 0.3) is 0 Å². The first-order chi connectivity index (χ1) is 8.06. The van der Waals surface area contributed by atoms with Crippen molar-refractivity contribution in [3.8, 4) is 0 Å². The first-order valence-electron chi connectivity index (χ1n) is 5.67. The molecule has 4 heteroatoms. The lowest BCUT2D eigenvalue weighted by molar-refractivity contribution is -0.148. The molecule has 0 aliphatic heterocycles. The zero-order chi connectivity index (χ0) is 12.5. The van der Waals surface area contributed by atoms with Crippen LogP contribution in [0.2, 0.25) is 0 Å². The molecular weight excluding hydrogens is 218 g/mol. The van der Waals surface area contributed by atoms with Gasteiger partial charge in [-0.1, -0.05) is 24.3 Å². The van der Waals surface area contributed by atoms with Crippen LogP contribution in [0.5, 0.6) is 0 Å². The molecule has 1 aromatic carbocycles. The topological polar surface area (TPSA) is 66.4 Å². The van der Waals surface area contributed by atoms with E-state index in [0.29, 0.717) is 12.0 Å². The second-order valence-corrected chi connectivity index (χ2v) is 4.40. The molecule has 2 rings (SSSR count). The number of hydrogen-bond donors (Lipinski definition) is 2. The predicted molar refractivity (Wildman–Crippen MR) is 62.5 cm³/mol. The fraction of sp³-hybridized carbons (Fsp3) is 0.385. The van der Waals surface area contributed by atoms with Crippen LogP contribution >= 0.6 is 0 Å². The molecule has 0 heterocycles. The maximum atomic E-state index is 11.6. The van der Waals surface area contributed by atoms with E-state index in [9.17, 15) is 14.7 Å². The Kier molecular flexibility index (Phi) is 2.88. The number of carboxylic acids is 1. The minimum Gasteiger partial charge on any atom is -0.479 e. The standard InChI is InChI=1S/C13H15NO3/c1-9(15)14-13(12(16)17)8-4-6-10-5-2-3-7-11(10)13/h2-3,5,7H,4,6,8H2,1H3,(H,14,15)(H,16,17)/t13-/m0/s1. The molecule has 0 unspecified atom stereocenters. The van der Waals surface area contributed by atoms with E-state index >= 15 is 0 Å². The summed E-state index contributed by atoms with van der Waals surface area (Å²) in [7, 11) is 0. The van der Waals surface area contributed by atoms with E-state index in [2.05, 4.69) is 5.32 Å². The van der Waals surface area contributed by atoms with Gasteiger partial charge in [0.05, 0.1) is 0 Å². The van der Waals surface area contributed by atoms with Gasteiger partial charge in [0.25, 0.3) is 0 Å². The van der Waals surface area contributed by atoms with Gasteiger partial charge in [-0.3, -0.25) is 4.79 Å². The lowest BCUT2D eigenvalue weighted by Crippen LogP contribution is -2.53. The van der Waals surface area contributed by atoms with E-state index in [1.165, 1.54) is 6.92 Å². The largest absolute Gasteiger partial charge is 0.479 e. The summed E-state index contributed by atoms with van der Waals surface area (Å²) in [5.41, 5.74) is 0.476. The second-order valence-electron chi connectivity index (χ2n) is 4.40. The van der Waals surface area contributed by atoms with Crippen LogP contribution in [0.4, 0.5) is 0 Å². The highest BCUT2D eigenvalue weighted by atomic mass is 16.4. The number of carbonyl (C=O) groups excluding carboxylic acids is 1. The van der Waals surface area contributed by atoms with E-state index in [-0.39, 0.29) is 5.91 Å². The fourth-order valence-corrected chi connectivity index (χ4v) is 2.54. The molecule has 0 radical (unpaired) electrons. The summed E-state index contributed by atoms with van der Waals surface area (Å²) in [6, 6.07) is 7.42. The zero-order valence-corrected chi connectivity index (χ0v) is 9.69. The van der Waals surface area contributed by atoms with E-state index in [4.69, 9.17) is 0 Å². The van der Waals surface area contributed by atoms with E-state index in [1.54, 1.807) is 6.07 Å². The van der Waals surface area contributed by atoms with Crippen LogP contribution < -0.4 is 5.32 Å². The molecule has 4 nitrogen and oxygen atoms in total. The number of benzene rings is 1. The quantitative estimate of drug-likeness (QED) is 0.812. The van der Waals surface area contributed by atoms with Crippen LogP contribution in [0.15, 0.2) is 24.3 Å². The number of fused-ring (bicyclic) bond motifs is 1. The first kappa shape index (κ1) is 11.6. The van der Waals surface area contributed by atoms with E-state index in [0.717, 1.165) is 18.4 Å².